The molecule has 0 radical (unpaired) electrons. The van der Waals surface area contributed by atoms with Gasteiger partial charge in [-0.3, -0.25) is 4.79 Å². The molecule has 22 heavy (non-hydrogen) atoms. The van der Waals surface area contributed by atoms with E-state index in [0.717, 1.165) is 0 Å². The Bertz CT molecular complexity index is 734. The van der Waals surface area contributed by atoms with Crippen molar-refractivity contribution in [1.82, 2.24) is 0 Å². The van der Waals surface area contributed by atoms with Crippen LogP contribution in [0.25, 0.3) is 0 Å². The molecule has 0 aliphatic carbocycles. The van der Waals surface area contributed by atoms with E-state index in [2.05, 4.69) is 0 Å². The molecular formula is C17H18O4S. The van der Waals surface area contributed by atoms with Crippen LogP contribution in [0.2, 0.25) is 0 Å². The van der Waals surface area contributed by atoms with Gasteiger partial charge in [0, 0.05) is 5.56 Å². The highest BCUT2D eigenvalue weighted by atomic mass is 32.2. The maximum Gasteiger partial charge on any atom is 0.188 e. The van der Waals surface area contributed by atoms with E-state index in [1.807, 2.05) is 0 Å². The highest BCUT2D eigenvalue weighted by molar-refractivity contribution is 7.92. The molecule has 1 unspecified atom stereocenters. The fraction of sp³-hybridized carbons (Fsp3) is 0.235. The van der Waals surface area contributed by atoms with Gasteiger partial charge in [0.05, 0.1) is 12.0 Å². The highest BCUT2D eigenvalue weighted by Crippen LogP contribution is 2.22. The SMILES string of the molecule is CCC(C(=O)c1ccc(OC)cc1)S(=O)(=O)c1ccccc1. The maximum absolute atomic E-state index is 12.7. The van der Waals surface area contributed by atoms with E-state index >= 15 is 0 Å². The maximum atomic E-state index is 12.7. The summed E-state index contributed by atoms with van der Waals surface area (Å²) in [6.07, 6.45) is 0.224. The largest absolute Gasteiger partial charge is 0.497 e. The summed E-state index contributed by atoms with van der Waals surface area (Å²) in [4.78, 5) is 12.7. The number of sulfone groups is 1. The lowest BCUT2D eigenvalue weighted by molar-refractivity contribution is 0.0985. The lowest BCUT2D eigenvalue weighted by Gasteiger charge is -2.15. The predicted octanol–water partition coefficient (Wildman–Crippen LogP) is 3.13. The number of rotatable bonds is 6. The Kier molecular flexibility index (Phi) is 4.98. The molecule has 0 heterocycles. The molecule has 0 spiro atoms. The smallest absolute Gasteiger partial charge is 0.188 e. The average molecular weight is 318 g/mol. The molecule has 2 aromatic carbocycles. The number of ketones is 1. The molecule has 116 valence electrons. The van der Waals surface area contributed by atoms with E-state index in [1.165, 1.54) is 19.2 Å². The molecule has 1 atom stereocenters. The van der Waals surface area contributed by atoms with Crippen molar-refractivity contribution in [3.05, 3.63) is 60.2 Å². The van der Waals surface area contributed by atoms with Gasteiger partial charge in [-0.25, -0.2) is 8.42 Å². The molecule has 0 bridgehead atoms. The van der Waals surface area contributed by atoms with Crippen molar-refractivity contribution in [3.63, 3.8) is 0 Å². The molecule has 0 amide bonds. The van der Waals surface area contributed by atoms with Gasteiger partial charge in [0.1, 0.15) is 11.0 Å². The van der Waals surface area contributed by atoms with Crippen LogP contribution in [0.5, 0.6) is 5.75 Å². The highest BCUT2D eigenvalue weighted by Gasteiger charge is 2.32. The monoisotopic (exact) mass is 318 g/mol. The van der Waals surface area contributed by atoms with E-state index in [9.17, 15) is 13.2 Å². The number of benzene rings is 2. The normalized spacial score (nSPS) is 12.6. The molecule has 0 saturated heterocycles. The number of methoxy groups -OCH3 is 1. The Labute approximate surface area is 130 Å². The van der Waals surface area contributed by atoms with Gasteiger partial charge in [-0.05, 0) is 42.8 Å². The lowest BCUT2D eigenvalue weighted by atomic mass is 10.1. The first kappa shape index (κ1) is 16.2. The van der Waals surface area contributed by atoms with Crippen molar-refractivity contribution < 1.29 is 17.9 Å². The molecule has 5 heteroatoms. The van der Waals surface area contributed by atoms with Crippen molar-refractivity contribution >= 4 is 15.6 Å². The van der Waals surface area contributed by atoms with Crippen LogP contribution in [0.15, 0.2) is 59.5 Å². The zero-order valence-electron chi connectivity index (χ0n) is 12.5. The summed E-state index contributed by atoms with van der Waals surface area (Å²) in [5.41, 5.74) is 0.368. The summed E-state index contributed by atoms with van der Waals surface area (Å²) in [5, 5.41) is -1.08. The van der Waals surface area contributed by atoms with Crippen molar-refractivity contribution in [3.8, 4) is 5.75 Å². The second-order valence-corrected chi connectivity index (χ2v) is 6.98. The first-order valence-corrected chi connectivity index (χ1v) is 8.52. The fourth-order valence-electron chi connectivity index (χ4n) is 2.26. The van der Waals surface area contributed by atoms with Crippen molar-refractivity contribution in [2.24, 2.45) is 0 Å². The number of ether oxygens (including phenoxy) is 1. The Balaban J connectivity index is 2.36. The molecule has 2 rings (SSSR count). The van der Waals surface area contributed by atoms with Crippen LogP contribution in [0.3, 0.4) is 0 Å². The quantitative estimate of drug-likeness (QED) is 0.768. The second kappa shape index (κ2) is 6.75. The molecule has 0 fully saturated rings. The second-order valence-electron chi connectivity index (χ2n) is 4.85. The minimum atomic E-state index is -3.69. The molecule has 0 N–H and O–H groups in total. The van der Waals surface area contributed by atoms with Crippen molar-refractivity contribution in [2.75, 3.05) is 7.11 Å². The number of hydrogen-bond acceptors (Lipinski definition) is 4. The van der Waals surface area contributed by atoms with Crippen LogP contribution in [0.4, 0.5) is 0 Å². The molecule has 0 aliphatic rings. The summed E-state index contributed by atoms with van der Waals surface area (Å²) in [6.45, 7) is 1.70. The summed E-state index contributed by atoms with van der Waals surface area (Å²) in [7, 11) is -2.16. The molecule has 0 saturated carbocycles. The van der Waals surface area contributed by atoms with E-state index in [1.54, 1.807) is 49.4 Å². The Morgan fingerprint density at radius 1 is 1.05 bits per heavy atom. The number of hydrogen-bond donors (Lipinski definition) is 0. The van der Waals surface area contributed by atoms with Crippen LogP contribution in [0, 0.1) is 0 Å². The summed E-state index contributed by atoms with van der Waals surface area (Å²) in [5.74, 6) is 0.226. The zero-order valence-corrected chi connectivity index (χ0v) is 13.3. The molecular weight excluding hydrogens is 300 g/mol. The van der Waals surface area contributed by atoms with Crippen LogP contribution in [-0.2, 0) is 9.84 Å². The Morgan fingerprint density at radius 3 is 2.14 bits per heavy atom. The summed E-state index contributed by atoms with van der Waals surface area (Å²) >= 11 is 0. The molecule has 2 aromatic rings. The number of carbonyl (C=O) groups excluding carboxylic acids is 1. The zero-order chi connectivity index (χ0) is 16.2. The van der Waals surface area contributed by atoms with Crippen LogP contribution in [-0.4, -0.2) is 26.6 Å². The summed E-state index contributed by atoms with van der Waals surface area (Å²) in [6, 6.07) is 14.5. The van der Waals surface area contributed by atoms with E-state index in [0.29, 0.717) is 11.3 Å². The molecule has 0 aromatic heterocycles. The average Bonchev–Trinajstić information content (AvgIpc) is 2.56. The van der Waals surface area contributed by atoms with Gasteiger partial charge in [-0.1, -0.05) is 25.1 Å². The number of Topliss-reactive ketones (excluding diaryl/α,β-unsaturated/α-hetero) is 1. The minimum absolute atomic E-state index is 0.170. The standard InChI is InChI=1S/C17H18O4S/c1-3-16(22(19,20)15-7-5-4-6-8-15)17(18)13-9-11-14(21-2)12-10-13/h4-12,16H,3H2,1-2H3. The topological polar surface area (TPSA) is 60.4 Å². The van der Waals surface area contributed by atoms with Gasteiger partial charge in [0.2, 0.25) is 0 Å². The Hall–Kier alpha value is -2.14. The van der Waals surface area contributed by atoms with Crippen LogP contribution < -0.4 is 4.74 Å². The molecule has 4 nitrogen and oxygen atoms in total. The van der Waals surface area contributed by atoms with Gasteiger partial charge in [0.25, 0.3) is 0 Å². The van der Waals surface area contributed by atoms with E-state index in [-0.39, 0.29) is 11.3 Å². The summed E-state index contributed by atoms with van der Waals surface area (Å²) < 4.78 is 30.4. The van der Waals surface area contributed by atoms with Gasteiger partial charge >= 0.3 is 0 Å². The minimum Gasteiger partial charge on any atom is -0.497 e. The van der Waals surface area contributed by atoms with Gasteiger partial charge in [-0.15, -0.1) is 0 Å². The van der Waals surface area contributed by atoms with Gasteiger partial charge in [-0.2, -0.15) is 0 Å². The Morgan fingerprint density at radius 2 is 1.64 bits per heavy atom. The fourth-order valence-corrected chi connectivity index (χ4v) is 3.98. The number of carbonyl (C=O) groups is 1. The van der Waals surface area contributed by atoms with Crippen LogP contribution >= 0.6 is 0 Å². The first-order valence-electron chi connectivity index (χ1n) is 6.98. The first-order chi connectivity index (χ1) is 10.5. The predicted molar refractivity (Wildman–Crippen MR) is 85.0 cm³/mol. The van der Waals surface area contributed by atoms with Crippen molar-refractivity contribution in [1.29, 1.82) is 0 Å². The van der Waals surface area contributed by atoms with Crippen molar-refractivity contribution in [2.45, 2.75) is 23.5 Å². The third-order valence-electron chi connectivity index (χ3n) is 3.48. The third-order valence-corrected chi connectivity index (χ3v) is 5.71. The lowest BCUT2D eigenvalue weighted by Crippen LogP contribution is -2.30. The van der Waals surface area contributed by atoms with Gasteiger partial charge in [0.15, 0.2) is 15.6 Å². The van der Waals surface area contributed by atoms with E-state index < -0.39 is 20.9 Å². The van der Waals surface area contributed by atoms with Gasteiger partial charge < -0.3 is 4.74 Å². The van der Waals surface area contributed by atoms with Crippen LogP contribution in [0.1, 0.15) is 23.7 Å². The third kappa shape index (κ3) is 3.20. The molecule has 0 aliphatic heterocycles. The van der Waals surface area contributed by atoms with E-state index in [4.69, 9.17) is 4.74 Å².